The van der Waals surface area contributed by atoms with Gasteiger partial charge in [-0.25, -0.2) is 0 Å². The first-order valence-electron chi connectivity index (χ1n) is 25.9. The molecule has 1 N–H and O–H groups in total. The Kier molecular flexibility index (Phi) is 14.1. The molecule has 0 radical (unpaired) electrons. The number of para-hydroxylation sites is 6. The summed E-state index contributed by atoms with van der Waals surface area (Å²) in [4.78, 5) is 2.34. The van der Waals surface area contributed by atoms with E-state index in [4.69, 9.17) is 0 Å². The average Bonchev–Trinajstić information content (AvgIpc) is 4.05. The van der Waals surface area contributed by atoms with Gasteiger partial charge in [0.2, 0.25) is 0 Å². The first-order chi connectivity index (χ1) is 38.1. The van der Waals surface area contributed by atoms with Crippen LogP contribution in [0.25, 0.3) is 77.2 Å². The summed E-state index contributed by atoms with van der Waals surface area (Å²) in [6.45, 7) is 0. The van der Waals surface area contributed by atoms with Crippen LogP contribution < -0.4 is 10.2 Å². The van der Waals surface area contributed by atoms with Gasteiger partial charge in [0, 0.05) is 65.8 Å². The lowest BCUT2D eigenvalue weighted by Gasteiger charge is -2.26. The van der Waals surface area contributed by atoms with E-state index in [-0.39, 0.29) is 0 Å². The van der Waals surface area contributed by atoms with Gasteiger partial charge in [-0.2, -0.15) is 0 Å². The molecular weight excluding hydrogens is 1000 g/mol. The zero-order valence-corrected chi connectivity index (χ0v) is 43.8. The van der Waals surface area contributed by atoms with Crippen molar-refractivity contribution in [1.82, 2.24) is 9.13 Å². The normalized spacial score (nSPS) is 10.9. The average molecular weight is 1050 g/mol. The predicted octanol–water partition coefficient (Wildman–Crippen LogP) is 20.6. The van der Waals surface area contributed by atoms with E-state index < -0.39 is 0 Å². The van der Waals surface area contributed by atoms with Gasteiger partial charge in [0.05, 0.1) is 22.1 Å². The maximum Gasteiger partial charge on any atom is 0.0542 e. The molecule has 12 aromatic carbocycles. The first-order valence-corrected chi connectivity index (χ1v) is 26.7. The second-order valence-electron chi connectivity index (χ2n) is 18.8. The summed E-state index contributed by atoms with van der Waals surface area (Å²) in [7, 11) is 0. The molecule has 14 aromatic rings. The molecule has 14 rings (SSSR count). The number of anilines is 5. The first kappa shape index (κ1) is 48.3. The van der Waals surface area contributed by atoms with Gasteiger partial charge < -0.3 is 19.4 Å². The van der Waals surface area contributed by atoms with Crippen molar-refractivity contribution in [2.45, 2.75) is 0 Å². The Labute approximate surface area is 458 Å². The number of benzene rings is 12. The van der Waals surface area contributed by atoms with Crippen molar-refractivity contribution in [3.8, 4) is 33.6 Å². The number of fused-ring (bicyclic) bond motifs is 6. The summed E-state index contributed by atoms with van der Waals surface area (Å²) < 4.78 is 5.79. The van der Waals surface area contributed by atoms with Crippen molar-refractivity contribution in [2.75, 3.05) is 10.2 Å². The standard InChI is InChI=1S/C36H26N2.C18H12BrN.C18H15N/c1-4-12-27(13-5-1)28-20-22-31(23-21-28)37(29-14-6-2-7-15-29)32-24-25-36-34(26-32)33-18-10-11-19-35(33)38(36)30-16-8-3-9-17-30;19-13-10-11-18-16(12-13)15-8-4-5-9-17(15)20(18)14-6-2-1-3-7-14;1-3-7-15(8-4-1)16-11-13-18(14-12-16)19-17-9-5-2-6-10-17/h1-26H;1-12H;1-14,19H. The minimum absolute atomic E-state index is 1.10. The molecule has 0 unspecified atom stereocenters. The summed E-state index contributed by atoms with van der Waals surface area (Å²) in [5.41, 5.74) is 17.8. The molecule has 0 aliphatic carbocycles. The van der Waals surface area contributed by atoms with E-state index in [9.17, 15) is 0 Å². The predicted molar refractivity (Wildman–Crippen MR) is 331 cm³/mol. The number of rotatable bonds is 9. The van der Waals surface area contributed by atoms with Gasteiger partial charge in [-0.05, 0) is 144 Å². The molecule has 77 heavy (non-hydrogen) atoms. The molecular formula is C72H53BrN4. The van der Waals surface area contributed by atoms with Gasteiger partial charge in [-0.15, -0.1) is 0 Å². The van der Waals surface area contributed by atoms with E-state index in [0.717, 1.165) is 32.9 Å². The van der Waals surface area contributed by atoms with Crippen molar-refractivity contribution in [1.29, 1.82) is 0 Å². The van der Waals surface area contributed by atoms with Crippen molar-refractivity contribution in [3.63, 3.8) is 0 Å². The summed E-state index contributed by atoms with van der Waals surface area (Å²) >= 11 is 3.57. The molecule has 0 atom stereocenters. The fourth-order valence-corrected chi connectivity index (χ4v) is 10.6. The number of nitrogens with one attached hydrogen (secondary N) is 1. The molecule has 0 bridgehead atoms. The molecule has 0 saturated heterocycles. The lowest BCUT2D eigenvalue weighted by Crippen LogP contribution is -2.09. The third-order valence-corrected chi connectivity index (χ3v) is 14.4. The summed E-state index contributed by atoms with van der Waals surface area (Å²) in [5, 5.41) is 8.43. The molecule has 2 aromatic heterocycles. The highest BCUT2D eigenvalue weighted by Crippen LogP contribution is 2.40. The molecule has 0 fully saturated rings. The minimum Gasteiger partial charge on any atom is -0.356 e. The Balaban J connectivity index is 0.000000128. The molecule has 0 saturated carbocycles. The highest BCUT2D eigenvalue weighted by molar-refractivity contribution is 9.10. The van der Waals surface area contributed by atoms with E-state index >= 15 is 0 Å². The molecule has 0 amide bonds. The number of hydrogen-bond acceptors (Lipinski definition) is 2. The van der Waals surface area contributed by atoms with Gasteiger partial charge in [0.25, 0.3) is 0 Å². The second kappa shape index (κ2) is 22.4. The van der Waals surface area contributed by atoms with Crippen LogP contribution in [0.15, 0.2) is 320 Å². The third kappa shape index (κ3) is 10.4. The van der Waals surface area contributed by atoms with Crippen molar-refractivity contribution in [3.05, 3.63) is 320 Å². The fraction of sp³-hybridized carbons (Fsp3) is 0. The fourth-order valence-electron chi connectivity index (χ4n) is 10.3. The van der Waals surface area contributed by atoms with Crippen molar-refractivity contribution >= 4 is 88.0 Å². The van der Waals surface area contributed by atoms with Crippen LogP contribution in [0.1, 0.15) is 0 Å². The maximum atomic E-state index is 3.57. The quantitative estimate of drug-likeness (QED) is 0.156. The largest absolute Gasteiger partial charge is 0.356 e. The zero-order valence-electron chi connectivity index (χ0n) is 42.2. The lowest BCUT2D eigenvalue weighted by molar-refractivity contribution is 1.18. The number of aromatic nitrogens is 2. The highest BCUT2D eigenvalue weighted by Gasteiger charge is 2.18. The van der Waals surface area contributed by atoms with Gasteiger partial charge in [-0.3, -0.25) is 0 Å². The Morgan fingerprint density at radius 2 is 0.610 bits per heavy atom. The number of nitrogens with zero attached hydrogens (tertiary/aromatic N) is 3. The molecule has 5 heteroatoms. The van der Waals surface area contributed by atoms with Gasteiger partial charge in [-0.1, -0.05) is 210 Å². The van der Waals surface area contributed by atoms with Crippen molar-refractivity contribution in [2.24, 2.45) is 0 Å². The Hall–Kier alpha value is -9.68. The van der Waals surface area contributed by atoms with Crippen LogP contribution in [0, 0.1) is 0 Å². The van der Waals surface area contributed by atoms with Crippen LogP contribution in [0.2, 0.25) is 0 Å². The van der Waals surface area contributed by atoms with Crippen LogP contribution in [-0.4, -0.2) is 9.13 Å². The van der Waals surface area contributed by atoms with Gasteiger partial charge in [0.15, 0.2) is 0 Å². The maximum absolute atomic E-state index is 3.57. The molecule has 2 heterocycles. The topological polar surface area (TPSA) is 25.1 Å². The lowest BCUT2D eigenvalue weighted by atomic mass is 10.0. The minimum atomic E-state index is 1.10. The van der Waals surface area contributed by atoms with Gasteiger partial charge in [0.1, 0.15) is 0 Å². The summed E-state index contributed by atoms with van der Waals surface area (Å²) in [6.07, 6.45) is 0. The molecule has 368 valence electrons. The monoisotopic (exact) mass is 1050 g/mol. The number of hydrogen-bond donors (Lipinski definition) is 1. The summed E-state index contributed by atoms with van der Waals surface area (Å²) in [5.74, 6) is 0. The third-order valence-electron chi connectivity index (χ3n) is 13.9. The van der Waals surface area contributed by atoms with Crippen LogP contribution in [-0.2, 0) is 0 Å². The van der Waals surface area contributed by atoms with E-state index in [1.165, 1.54) is 77.2 Å². The highest BCUT2D eigenvalue weighted by atomic mass is 79.9. The molecule has 0 aliphatic rings. The second-order valence-corrected chi connectivity index (χ2v) is 19.7. The van der Waals surface area contributed by atoms with E-state index in [2.05, 4.69) is 320 Å². The summed E-state index contributed by atoms with van der Waals surface area (Å²) in [6, 6.07) is 111. The Bertz CT molecular complexity index is 4200. The van der Waals surface area contributed by atoms with E-state index in [1.54, 1.807) is 0 Å². The van der Waals surface area contributed by atoms with Crippen molar-refractivity contribution < 1.29 is 0 Å². The van der Waals surface area contributed by atoms with Crippen LogP contribution in [0.5, 0.6) is 0 Å². The van der Waals surface area contributed by atoms with Crippen LogP contribution in [0.3, 0.4) is 0 Å². The van der Waals surface area contributed by atoms with E-state index in [0.29, 0.717) is 0 Å². The van der Waals surface area contributed by atoms with Crippen LogP contribution in [0.4, 0.5) is 28.4 Å². The SMILES string of the molecule is Brc1ccc2c(c1)c1ccccc1n2-c1ccccc1.c1ccc(-c2ccc(N(c3ccccc3)c3ccc4c(c3)c3ccccc3n4-c3ccccc3)cc2)cc1.c1ccc(Nc2ccc(-c3ccccc3)cc2)cc1. The zero-order chi connectivity index (χ0) is 51.8. The molecule has 0 spiro atoms. The van der Waals surface area contributed by atoms with Gasteiger partial charge >= 0.3 is 0 Å². The number of halogens is 1. The van der Waals surface area contributed by atoms with Crippen LogP contribution >= 0.6 is 15.9 Å². The molecule has 4 nitrogen and oxygen atoms in total. The Morgan fingerprint density at radius 1 is 0.260 bits per heavy atom. The smallest absolute Gasteiger partial charge is 0.0542 e. The molecule has 0 aliphatic heterocycles. The van der Waals surface area contributed by atoms with E-state index in [1.807, 2.05) is 30.3 Å². The Morgan fingerprint density at radius 3 is 1.13 bits per heavy atom.